The number of aliphatic carboxylic acids is 1. The van der Waals surface area contributed by atoms with Crippen molar-refractivity contribution < 1.29 is 49.2 Å². The SMILES string of the molecule is C[C@@H](O)[C@H](N)C(=O)N[C@@H](Cc1ccc(O)cc1)C(=O)N[C@@H](CC(=O)O)C(=O)N[C@@H](Cc1ccc(O)cc1)C(=O)N[C@@H](Cc1ccccc1)C(N)=O. The van der Waals surface area contributed by atoms with Gasteiger partial charge in [-0.15, -0.1) is 0 Å². The molecule has 0 aliphatic carbocycles. The van der Waals surface area contributed by atoms with Gasteiger partial charge in [0.25, 0.3) is 0 Å². The molecule has 3 aromatic rings. The molecule has 3 rings (SSSR count). The van der Waals surface area contributed by atoms with Crippen LogP contribution in [0.3, 0.4) is 0 Å². The molecule has 12 N–H and O–H groups in total. The van der Waals surface area contributed by atoms with Crippen molar-refractivity contribution in [2.24, 2.45) is 11.5 Å². The lowest BCUT2D eigenvalue weighted by Crippen LogP contribution is -2.60. The number of benzene rings is 3. The molecule has 5 amide bonds. The number of nitrogens with one attached hydrogen (secondary N) is 4. The van der Waals surface area contributed by atoms with Crippen molar-refractivity contribution in [2.75, 3.05) is 0 Å². The van der Waals surface area contributed by atoms with Crippen LogP contribution < -0.4 is 32.7 Å². The van der Waals surface area contributed by atoms with Gasteiger partial charge in [-0.3, -0.25) is 28.8 Å². The van der Waals surface area contributed by atoms with Crippen molar-refractivity contribution in [1.29, 1.82) is 0 Å². The van der Waals surface area contributed by atoms with Gasteiger partial charge in [0.15, 0.2) is 0 Å². The monoisotopic (exact) mass is 706 g/mol. The number of aliphatic hydroxyl groups is 1. The van der Waals surface area contributed by atoms with Gasteiger partial charge < -0.3 is 53.2 Å². The quantitative estimate of drug-likeness (QED) is 0.0745. The maximum Gasteiger partial charge on any atom is 0.305 e. The standard InChI is InChI=1S/C35H42N6O10/c1-19(42)30(36)35(51)41-27(17-22-9-13-24(44)14-10-22)33(49)40-28(18-29(45)46)34(50)39-26(16-21-7-11-23(43)12-8-21)32(48)38-25(31(37)47)15-20-5-3-2-4-6-20/h2-14,19,25-28,30,42-44H,15-18,36H2,1H3,(H2,37,47)(H,38,48)(H,39,50)(H,40,49)(H,41,51)(H,45,46)/t19-,25+,26+,27+,28+,30+/m1/s1. The Hall–Kier alpha value is -6.00. The highest BCUT2D eigenvalue weighted by Gasteiger charge is 2.33. The Morgan fingerprint density at radius 2 is 0.961 bits per heavy atom. The molecule has 3 aromatic carbocycles. The van der Waals surface area contributed by atoms with E-state index in [1.54, 1.807) is 30.3 Å². The number of aliphatic hydroxyl groups excluding tert-OH is 1. The molecule has 16 heteroatoms. The second-order valence-corrected chi connectivity index (χ2v) is 11.9. The molecule has 6 atom stereocenters. The number of carbonyl (C=O) groups excluding carboxylic acids is 5. The Bertz CT molecular complexity index is 1670. The van der Waals surface area contributed by atoms with E-state index in [1.165, 1.54) is 55.5 Å². The molecule has 0 fully saturated rings. The van der Waals surface area contributed by atoms with Crippen molar-refractivity contribution in [3.8, 4) is 11.5 Å². The molecular weight excluding hydrogens is 664 g/mol. The third-order valence-corrected chi connectivity index (χ3v) is 7.80. The summed E-state index contributed by atoms with van der Waals surface area (Å²) in [6.45, 7) is 1.27. The Morgan fingerprint density at radius 3 is 1.39 bits per heavy atom. The highest BCUT2D eigenvalue weighted by molar-refractivity contribution is 5.97. The second kappa shape index (κ2) is 18.7. The van der Waals surface area contributed by atoms with Gasteiger partial charge in [-0.05, 0) is 47.9 Å². The van der Waals surface area contributed by atoms with E-state index in [2.05, 4.69) is 21.3 Å². The van der Waals surface area contributed by atoms with E-state index in [9.17, 15) is 49.2 Å². The fourth-order valence-corrected chi connectivity index (χ4v) is 4.91. The number of rotatable bonds is 18. The summed E-state index contributed by atoms with van der Waals surface area (Å²) in [5, 5.41) is 48.5. The lowest BCUT2D eigenvalue weighted by Gasteiger charge is -2.26. The van der Waals surface area contributed by atoms with Crippen LogP contribution in [0.4, 0.5) is 0 Å². The molecule has 0 radical (unpaired) electrons. The minimum absolute atomic E-state index is 0.0341. The van der Waals surface area contributed by atoms with Crippen LogP contribution in [0.5, 0.6) is 11.5 Å². The summed E-state index contributed by atoms with van der Waals surface area (Å²) >= 11 is 0. The van der Waals surface area contributed by atoms with Crippen LogP contribution in [0.1, 0.15) is 30.0 Å². The van der Waals surface area contributed by atoms with E-state index in [0.29, 0.717) is 16.7 Å². The maximum absolute atomic E-state index is 13.7. The van der Waals surface area contributed by atoms with Gasteiger partial charge in [0.05, 0.1) is 12.5 Å². The van der Waals surface area contributed by atoms with Crippen LogP contribution in [-0.4, -0.2) is 92.2 Å². The molecule has 0 unspecified atom stereocenters. The number of hydrogen-bond acceptors (Lipinski definition) is 10. The van der Waals surface area contributed by atoms with Gasteiger partial charge in [0.1, 0.15) is 41.7 Å². The van der Waals surface area contributed by atoms with Crippen molar-refractivity contribution in [1.82, 2.24) is 21.3 Å². The second-order valence-electron chi connectivity index (χ2n) is 11.9. The molecule has 0 saturated carbocycles. The molecule has 16 nitrogen and oxygen atoms in total. The Labute approximate surface area is 293 Å². The Morgan fingerprint density at radius 1 is 0.588 bits per heavy atom. The number of amides is 5. The Kier molecular flexibility index (Phi) is 14.4. The highest BCUT2D eigenvalue weighted by Crippen LogP contribution is 2.14. The maximum atomic E-state index is 13.7. The average molecular weight is 707 g/mol. The summed E-state index contributed by atoms with van der Waals surface area (Å²) in [6.07, 6.45) is -2.55. The normalized spacial score (nSPS) is 14.4. The van der Waals surface area contributed by atoms with E-state index in [1.807, 2.05) is 0 Å². The number of primary amides is 1. The van der Waals surface area contributed by atoms with Gasteiger partial charge in [-0.1, -0.05) is 54.6 Å². The molecule has 0 spiro atoms. The van der Waals surface area contributed by atoms with E-state index in [0.717, 1.165) is 0 Å². The predicted octanol–water partition coefficient (Wildman–Crippen LogP) is -1.27. The summed E-state index contributed by atoms with van der Waals surface area (Å²) in [5.41, 5.74) is 12.9. The van der Waals surface area contributed by atoms with Gasteiger partial charge in [-0.2, -0.15) is 0 Å². The largest absolute Gasteiger partial charge is 0.508 e. The van der Waals surface area contributed by atoms with Crippen LogP contribution in [-0.2, 0) is 48.0 Å². The third-order valence-electron chi connectivity index (χ3n) is 7.80. The first-order valence-corrected chi connectivity index (χ1v) is 15.9. The molecule has 0 aromatic heterocycles. The number of nitrogens with two attached hydrogens (primary N) is 2. The van der Waals surface area contributed by atoms with Gasteiger partial charge in [0, 0.05) is 19.3 Å². The van der Waals surface area contributed by atoms with E-state index in [4.69, 9.17) is 11.5 Å². The van der Waals surface area contributed by atoms with Crippen LogP contribution >= 0.6 is 0 Å². The average Bonchev–Trinajstić information content (AvgIpc) is 3.08. The molecule has 0 saturated heterocycles. The molecule has 0 heterocycles. The van der Waals surface area contributed by atoms with Crippen molar-refractivity contribution in [2.45, 2.75) is 68.9 Å². The van der Waals surface area contributed by atoms with Crippen LogP contribution in [0, 0.1) is 0 Å². The molecule has 0 bridgehead atoms. The van der Waals surface area contributed by atoms with Crippen molar-refractivity contribution >= 4 is 35.5 Å². The predicted molar refractivity (Wildman–Crippen MR) is 183 cm³/mol. The first-order chi connectivity index (χ1) is 24.1. The lowest BCUT2D eigenvalue weighted by molar-refractivity contribution is -0.141. The Balaban J connectivity index is 1.88. The smallest absolute Gasteiger partial charge is 0.305 e. The number of carbonyl (C=O) groups is 6. The molecule has 0 aliphatic rings. The number of phenols is 2. The van der Waals surface area contributed by atoms with E-state index >= 15 is 0 Å². The highest BCUT2D eigenvalue weighted by atomic mass is 16.4. The number of carboxylic acids is 1. The third kappa shape index (κ3) is 12.8. The fraction of sp³-hybridized carbons (Fsp3) is 0.314. The van der Waals surface area contributed by atoms with Gasteiger partial charge in [-0.25, -0.2) is 0 Å². The molecule has 272 valence electrons. The first kappa shape index (κ1) is 39.4. The lowest BCUT2D eigenvalue weighted by atomic mass is 10.0. The summed E-state index contributed by atoms with van der Waals surface area (Å²) in [5.74, 6) is -6.30. The summed E-state index contributed by atoms with van der Waals surface area (Å²) in [7, 11) is 0. The first-order valence-electron chi connectivity index (χ1n) is 15.9. The van der Waals surface area contributed by atoms with Gasteiger partial charge >= 0.3 is 5.97 Å². The summed E-state index contributed by atoms with van der Waals surface area (Å²) in [6, 6.07) is 12.8. The number of carboxylic acid groups (broad SMARTS) is 1. The number of phenolic OH excluding ortho intramolecular Hbond substituents is 2. The zero-order chi connectivity index (χ0) is 37.7. The molecular formula is C35H42N6O10. The minimum Gasteiger partial charge on any atom is -0.508 e. The van der Waals surface area contributed by atoms with Crippen LogP contribution in [0.15, 0.2) is 78.9 Å². The van der Waals surface area contributed by atoms with E-state index in [-0.39, 0.29) is 30.8 Å². The molecule has 0 aliphatic heterocycles. The van der Waals surface area contributed by atoms with Crippen molar-refractivity contribution in [3.63, 3.8) is 0 Å². The summed E-state index contributed by atoms with van der Waals surface area (Å²) in [4.78, 5) is 77.7. The minimum atomic E-state index is -1.77. The topological polar surface area (TPSA) is 283 Å². The van der Waals surface area contributed by atoms with E-state index < -0.39 is 78.2 Å². The zero-order valence-corrected chi connectivity index (χ0v) is 27.7. The fourth-order valence-electron chi connectivity index (χ4n) is 4.91. The van der Waals surface area contributed by atoms with Gasteiger partial charge in [0.2, 0.25) is 29.5 Å². The number of aromatic hydroxyl groups is 2. The number of hydrogen-bond donors (Lipinski definition) is 10. The molecule has 51 heavy (non-hydrogen) atoms. The van der Waals surface area contributed by atoms with Crippen LogP contribution in [0.25, 0.3) is 0 Å². The zero-order valence-electron chi connectivity index (χ0n) is 27.7. The van der Waals surface area contributed by atoms with Crippen molar-refractivity contribution in [3.05, 3.63) is 95.6 Å². The summed E-state index contributed by atoms with van der Waals surface area (Å²) < 4.78 is 0. The van der Waals surface area contributed by atoms with Crippen LogP contribution in [0.2, 0.25) is 0 Å².